The van der Waals surface area contributed by atoms with Crippen molar-refractivity contribution >= 4 is 40.4 Å². The second-order valence-electron chi connectivity index (χ2n) is 10.0. The van der Waals surface area contributed by atoms with Crippen LogP contribution in [0, 0.1) is 24.1 Å². The quantitative estimate of drug-likeness (QED) is 0.178. The third-order valence-electron chi connectivity index (χ3n) is 7.26. The van der Waals surface area contributed by atoms with Gasteiger partial charge in [-0.3, -0.25) is 3.97 Å². The van der Waals surface area contributed by atoms with Crippen molar-refractivity contribution < 1.29 is 13.9 Å². The van der Waals surface area contributed by atoms with Gasteiger partial charge in [-0.1, -0.05) is 71.8 Å². The van der Waals surface area contributed by atoms with Crippen molar-refractivity contribution in [1.82, 2.24) is 3.97 Å². The SMILES string of the molecule is COC(=O)c1ccc(-c2cccc(-c3c(-c4ccccc4C#N)c4cc(F)ccc4n3Sc3ccc(C)cc3)c2)c(Cl)c1. The van der Waals surface area contributed by atoms with E-state index < -0.39 is 5.97 Å². The van der Waals surface area contributed by atoms with E-state index in [1.165, 1.54) is 31.2 Å². The third-order valence-corrected chi connectivity index (χ3v) is 8.62. The summed E-state index contributed by atoms with van der Waals surface area (Å²) in [6.07, 6.45) is 0. The Bertz CT molecular complexity index is 2060. The van der Waals surface area contributed by atoms with Gasteiger partial charge in [0.25, 0.3) is 0 Å². The van der Waals surface area contributed by atoms with Crippen molar-refractivity contribution in [3.05, 3.63) is 137 Å². The first-order valence-electron chi connectivity index (χ1n) is 13.4. The number of carbonyl (C=O) groups excluding carboxylic acids is 1. The maximum atomic E-state index is 14.8. The molecule has 0 spiro atoms. The largest absolute Gasteiger partial charge is 0.465 e. The van der Waals surface area contributed by atoms with Crippen molar-refractivity contribution in [2.24, 2.45) is 0 Å². The van der Waals surface area contributed by atoms with Crippen molar-refractivity contribution in [3.8, 4) is 39.6 Å². The number of aromatic nitrogens is 1. The fraction of sp³-hybridized carbons (Fsp3) is 0.0556. The molecular formula is C36H24ClFN2O2S. The van der Waals surface area contributed by atoms with Crippen LogP contribution in [0.2, 0.25) is 5.02 Å². The topological polar surface area (TPSA) is 55.0 Å². The van der Waals surface area contributed by atoms with E-state index in [0.717, 1.165) is 43.9 Å². The first kappa shape index (κ1) is 28.3. The summed E-state index contributed by atoms with van der Waals surface area (Å²) in [4.78, 5) is 13.1. The number of hydrogen-bond acceptors (Lipinski definition) is 4. The molecule has 1 heterocycles. The van der Waals surface area contributed by atoms with E-state index >= 15 is 0 Å². The number of nitriles is 1. The molecule has 4 nitrogen and oxygen atoms in total. The Morgan fingerprint density at radius 2 is 1.65 bits per heavy atom. The van der Waals surface area contributed by atoms with Crippen LogP contribution >= 0.6 is 23.5 Å². The third kappa shape index (κ3) is 5.41. The second-order valence-corrected chi connectivity index (χ2v) is 11.4. The molecule has 0 aliphatic rings. The molecule has 0 fully saturated rings. The maximum absolute atomic E-state index is 14.8. The summed E-state index contributed by atoms with van der Waals surface area (Å²) < 4.78 is 21.8. The molecule has 6 aromatic rings. The van der Waals surface area contributed by atoms with E-state index in [0.29, 0.717) is 27.1 Å². The number of hydrogen-bond donors (Lipinski definition) is 0. The van der Waals surface area contributed by atoms with Gasteiger partial charge in [0.15, 0.2) is 0 Å². The minimum Gasteiger partial charge on any atom is -0.465 e. The highest BCUT2D eigenvalue weighted by Gasteiger charge is 2.24. The van der Waals surface area contributed by atoms with Crippen LogP contribution in [0.1, 0.15) is 21.5 Å². The highest BCUT2D eigenvalue weighted by atomic mass is 35.5. The van der Waals surface area contributed by atoms with Crippen LogP contribution in [0.3, 0.4) is 0 Å². The van der Waals surface area contributed by atoms with E-state index in [9.17, 15) is 14.4 Å². The molecule has 0 aliphatic carbocycles. The molecule has 210 valence electrons. The number of ether oxygens (including phenoxy) is 1. The van der Waals surface area contributed by atoms with Gasteiger partial charge < -0.3 is 4.74 Å². The Balaban J connectivity index is 1.64. The number of nitrogens with zero attached hydrogens (tertiary/aromatic N) is 2. The molecule has 7 heteroatoms. The van der Waals surface area contributed by atoms with Crippen LogP contribution in [0.25, 0.3) is 44.4 Å². The van der Waals surface area contributed by atoms with Crippen molar-refractivity contribution in [2.45, 2.75) is 11.8 Å². The molecule has 0 unspecified atom stereocenters. The van der Waals surface area contributed by atoms with Gasteiger partial charge in [-0.25, -0.2) is 9.18 Å². The average molecular weight is 603 g/mol. The maximum Gasteiger partial charge on any atom is 0.337 e. The van der Waals surface area contributed by atoms with Crippen LogP contribution < -0.4 is 0 Å². The number of methoxy groups -OCH3 is 1. The second kappa shape index (κ2) is 11.8. The van der Waals surface area contributed by atoms with E-state index in [1.807, 2.05) is 49.4 Å². The Hall–Kier alpha value is -4.83. The minimum atomic E-state index is -0.465. The highest BCUT2D eigenvalue weighted by Crippen LogP contribution is 2.46. The molecule has 43 heavy (non-hydrogen) atoms. The van der Waals surface area contributed by atoms with E-state index in [4.69, 9.17) is 16.3 Å². The molecule has 0 radical (unpaired) electrons. The summed E-state index contributed by atoms with van der Waals surface area (Å²) in [5, 5.41) is 11.2. The Kier molecular flexibility index (Phi) is 7.77. The molecule has 0 saturated carbocycles. The lowest BCUT2D eigenvalue weighted by Crippen LogP contribution is -2.00. The lowest BCUT2D eigenvalue weighted by atomic mass is 9.93. The molecule has 0 atom stereocenters. The van der Waals surface area contributed by atoms with Gasteiger partial charge in [0.1, 0.15) is 5.82 Å². The average Bonchev–Trinajstić information content (AvgIpc) is 3.34. The number of halogens is 2. The molecule has 5 aromatic carbocycles. The van der Waals surface area contributed by atoms with Crippen molar-refractivity contribution in [3.63, 3.8) is 0 Å². The Morgan fingerprint density at radius 1 is 0.884 bits per heavy atom. The minimum absolute atomic E-state index is 0.361. The van der Waals surface area contributed by atoms with Crippen LogP contribution in [-0.2, 0) is 4.74 Å². The predicted octanol–water partition coefficient (Wildman–Crippen LogP) is 9.96. The van der Waals surface area contributed by atoms with E-state index in [1.54, 1.807) is 30.3 Å². The number of carbonyl (C=O) groups is 1. The number of benzene rings is 5. The van der Waals surface area contributed by atoms with Gasteiger partial charge in [-0.05, 0) is 79.0 Å². The zero-order valence-electron chi connectivity index (χ0n) is 23.3. The molecule has 0 N–H and O–H groups in total. The highest BCUT2D eigenvalue weighted by molar-refractivity contribution is 7.98. The van der Waals surface area contributed by atoms with Gasteiger partial charge in [-0.2, -0.15) is 5.26 Å². The number of fused-ring (bicyclic) bond motifs is 1. The monoisotopic (exact) mass is 602 g/mol. The van der Waals surface area contributed by atoms with Crippen LogP contribution in [0.4, 0.5) is 4.39 Å². The van der Waals surface area contributed by atoms with E-state index in [-0.39, 0.29) is 5.82 Å². The summed E-state index contributed by atoms with van der Waals surface area (Å²) in [6.45, 7) is 2.04. The summed E-state index contributed by atoms with van der Waals surface area (Å²) in [6, 6.07) is 35.7. The standard InChI is InChI=1S/C36H24ClFN2O2S/c1-22-10-14-28(15-11-22)43-40-33-17-13-27(38)20-31(33)34(30-9-4-3-6-26(30)21-39)35(40)24-8-5-7-23(18-24)29-16-12-25(19-32(29)37)36(41)42-2/h3-20H,1-2H3. The summed E-state index contributed by atoms with van der Waals surface area (Å²) >= 11 is 8.20. The predicted molar refractivity (Wildman–Crippen MR) is 172 cm³/mol. The number of esters is 1. The van der Waals surface area contributed by atoms with Gasteiger partial charge in [-0.15, -0.1) is 0 Å². The van der Waals surface area contributed by atoms with Crippen LogP contribution in [0.15, 0.2) is 114 Å². The molecule has 0 saturated heterocycles. The normalized spacial score (nSPS) is 11.0. The Labute approximate surface area is 258 Å². The van der Waals surface area contributed by atoms with Gasteiger partial charge in [0.2, 0.25) is 0 Å². The van der Waals surface area contributed by atoms with Gasteiger partial charge >= 0.3 is 5.97 Å². The summed E-state index contributed by atoms with van der Waals surface area (Å²) in [7, 11) is 1.33. The molecule has 6 rings (SSSR count). The molecule has 0 amide bonds. The van der Waals surface area contributed by atoms with Crippen LogP contribution in [-0.4, -0.2) is 17.1 Å². The number of rotatable bonds is 6. The zero-order valence-corrected chi connectivity index (χ0v) is 24.8. The van der Waals surface area contributed by atoms with Crippen LogP contribution in [0.5, 0.6) is 0 Å². The lowest BCUT2D eigenvalue weighted by molar-refractivity contribution is 0.0600. The van der Waals surface area contributed by atoms with E-state index in [2.05, 4.69) is 34.3 Å². The molecular weight excluding hydrogens is 579 g/mol. The van der Waals surface area contributed by atoms with Gasteiger partial charge in [0.05, 0.1) is 35.5 Å². The van der Waals surface area contributed by atoms with Crippen molar-refractivity contribution in [1.29, 1.82) is 5.26 Å². The molecule has 0 aliphatic heterocycles. The summed E-state index contributed by atoms with van der Waals surface area (Å²) in [5.74, 6) is -0.827. The fourth-order valence-electron chi connectivity index (χ4n) is 5.20. The Morgan fingerprint density at radius 3 is 2.40 bits per heavy atom. The molecule has 1 aromatic heterocycles. The first-order valence-corrected chi connectivity index (χ1v) is 14.6. The smallest absolute Gasteiger partial charge is 0.337 e. The number of aryl methyl sites for hydroxylation is 1. The summed E-state index contributed by atoms with van der Waals surface area (Å²) in [5.41, 5.74) is 7.54. The van der Waals surface area contributed by atoms with Gasteiger partial charge in [0, 0.05) is 37.6 Å². The molecule has 0 bridgehead atoms. The first-order chi connectivity index (χ1) is 20.9. The lowest BCUT2D eigenvalue weighted by Gasteiger charge is -2.15. The fourth-order valence-corrected chi connectivity index (χ4v) is 6.50. The zero-order chi connectivity index (χ0) is 30.1. The van der Waals surface area contributed by atoms with Crippen molar-refractivity contribution in [2.75, 3.05) is 7.11 Å².